The lowest BCUT2D eigenvalue weighted by atomic mass is 10.1. The van der Waals surface area contributed by atoms with Crippen LogP contribution in [0.2, 0.25) is 0 Å². The van der Waals surface area contributed by atoms with Gasteiger partial charge in [-0.2, -0.15) is 4.98 Å². The second-order valence-corrected chi connectivity index (χ2v) is 6.65. The Hall–Kier alpha value is -2.86. The summed E-state index contributed by atoms with van der Waals surface area (Å²) >= 11 is 1.59. The predicted molar refractivity (Wildman–Crippen MR) is 102 cm³/mol. The van der Waals surface area contributed by atoms with Crippen molar-refractivity contribution in [1.29, 1.82) is 0 Å². The van der Waals surface area contributed by atoms with E-state index in [4.69, 9.17) is 4.52 Å². The lowest BCUT2D eigenvalue weighted by molar-refractivity contribution is 0.385. The van der Waals surface area contributed by atoms with E-state index in [0.29, 0.717) is 11.6 Å². The van der Waals surface area contributed by atoms with Crippen LogP contribution in [0.15, 0.2) is 76.5 Å². The third-order valence-corrected chi connectivity index (χ3v) is 4.90. The maximum atomic E-state index is 5.30. The number of thioether (sulfide) groups is 1. The molecule has 0 bridgehead atoms. The highest BCUT2D eigenvalue weighted by Crippen LogP contribution is 2.31. The summed E-state index contributed by atoms with van der Waals surface area (Å²) < 4.78 is 7.46. The van der Waals surface area contributed by atoms with Crippen molar-refractivity contribution in [2.75, 3.05) is 0 Å². The molecule has 0 spiro atoms. The Balaban J connectivity index is 1.69. The number of hydrogen-bond donors (Lipinski definition) is 0. The van der Waals surface area contributed by atoms with Gasteiger partial charge in [-0.3, -0.25) is 4.57 Å². The molecule has 0 saturated carbocycles. The number of imidazole rings is 1. The third-order valence-electron chi connectivity index (χ3n) is 3.96. The molecule has 0 radical (unpaired) electrons. The minimum Gasteiger partial charge on any atom is -0.338 e. The minimum atomic E-state index is 0.588. The van der Waals surface area contributed by atoms with Crippen LogP contribution in [0.4, 0.5) is 0 Å². The second kappa shape index (κ2) is 7.58. The van der Waals surface area contributed by atoms with Crippen LogP contribution in [0.3, 0.4) is 0 Å². The molecule has 0 aliphatic heterocycles. The van der Waals surface area contributed by atoms with Gasteiger partial charge in [-0.1, -0.05) is 72.4 Å². The van der Waals surface area contributed by atoms with E-state index in [1.54, 1.807) is 11.8 Å². The van der Waals surface area contributed by atoms with Gasteiger partial charge >= 0.3 is 0 Å². The average molecular weight is 362 g/mol. The van der Waals surface area contributed by atoms with E-state index in [9.17, 15) is 0 Å². The van der Waals surface area contributed by atoms with Crippen LogP contribution in [0.5, 0.6) is 0 Å². The molecule has 0 saturated heterocycles. The Morgan fingerprint density at radius 3 is 2.42 bits per heavy atom. The summed E-state index contributed by atoms with van der Waals surface area (Å²) in [5, 5.41) is 4.85. The van der Waals surface area contributed by atoms with E-state index in [0.717, 1.165) is 34.3 Å². The minimum absolute atomic E-state index is 0.588. The average Bonchev–Trinajstić information content (AvgIpc) is 3.34. The van der Waals surface area contributed by atoms with Gasteiger partial charge in [0.2, 0.25) is 5.89 Å². The van der Waals surface area contributed by atoms with Gasteiger partial charge in [0, 0.05) is 17.7 Å². The molecule has 0 atom stereocenters. The fourth-order valence-corrected chi connectivity index (χ4v) is 3.52. The zero-order valence-electron chi connectivity index (χ0n) is 14.4. The molecule has 4 aromatic rings. The quantitative estimate of drug-likeness (QED) is 0.462. The summed E-state index contributed by atoms with van der Waals surface area (Å²) in [5.74, 6) is 1.94. The van der Waals surface area contributed by atoms with Gasteiger partial charge in [0.1, 0.15) is 0 Å². The lowest BCUT2D eigenvalue weighted by Crippen LogP contribution is -1.99. The van der Waals surface area contributed by atoms with Crippen molar-refractivity contribution < 1.29 is 4.52 Å². The Kier molecular flexibility index (Phi) is 4.84. The van der Waals surface area contributed by atoms with Gasteiger partial charge in [-0.05, 0) is 12.1 Å². The van der Waals surface area contributed by atoms with Crippen LogP contribution >= 0.6 is 11.8 Å². The monoisotopic (exact) mass is 362 g/mol. The number of benzene rings is 2. The van der Waals surface area contributed by atoms with Gasteiger partial charge < -0.3 is 4.52 Å². The number of aryl methyl sites for hydroxylation is 1. The zero-order chi connectivity index (χ0) is 17.8. The summed E-state index contributed by atoms with van der Waals surface area (Å²) in [7, 11) is 0. The van der Waals surface area contributed by atoms with Crippen molar-refractivity contribution in [1.82, 2.24) is 19.7 Å². The number of hydrogen-bond acceptors (Lipinski definition) is 5. The van der Waals surface area contributed by atoms with Crippen molar-refractivity contribution in [3.8, 4) is 16.9 Å². The van der Waals surface area contributed by atoms with Crippen molar-refractivity contribution in [3.63, 3.8) is 0 Å². The summed E-state index contributed by atoms with van der Waals surface area (Å²) in [5.41, 5.74) is 3.26. The van der Waals surface area contributed by atoms with E-state index >= 15 is 0 Å². The smallest absolute Gasteiger partial charge is 0.237 e. The summed E-state index contributed by atoms with van der Waals surface area (Å²) in [6.07, 6.45) is 2.68. The van der Waals surface area contributed by atoms with E-state index in [1.807, 2.05) is 49.5 Å². The molecule has 6 heteroatoms. The van der Waals surface area contributed by atoms with Gasteiger partial charge in [0.05, 0.1) is 17.6 Å². The SMILES string of the molecule is CCc1noc(CSc2ncc(-c3ccccc3)n2-c2ccccc2)n1. The summed E-state index contributed by atoms with van der Waals surface area (Å²) in [6.45, 7) is 2.01. The number of nitrogens with zero attached hydrogens (tertiary/aromatic N) is 4. The molecule has 26 heavy (non-hydrogen) atoms. The van der Waals surface area contributed by atoms with Crippen LogP contribution in [-0.2, 0) is 12.2 Å². The van der Waals surface area contributed by atoms with Crippen LogP contribution in [0.1, 0.15) is 18.6 Å². The van der Waals surface area contributed by atoms with Crippen LogP contribution in [0, 0.1) is 0 Å². The molecule has 0 aliphatic carbocycles. The molecule has 4 rings (SSSR count). The molecule has 2 aromatic carbocycles. The highest BCUT2D eigenvalue weighted by atomic mass is 32.2. The van der Waals surface area contributed by atoms with Gasteiger partial charge in [0.15, 0.2) is 11.0 Å². The number of aromatic nitrogens is 4. The molecule has 0 unspecified atom stereocenters. The Labute approximate surface area is 156 Å². The first-order valence-electron chi connectivity index (χ1n) is 8.48. The summed E-state index contributed by atoms with van der Waals surface area (Å²) in [6, 6.07) is 20.5. The third kappa shape index (κ3) is 3.41. The molecular weight excluding hydrogens is 344 g/mol. The zero-order valence-corrected chi connectivity index (χ0v) is 15.2. The summed E-state index contributed by atoms with van der Waals surface area (Å²) in [4.78, 5) is 9.02. The molecule has 0 N–H and O–H groups in total. The Morgan fingerprint density at radius 1 is 1.00 bits per heavy atom. The maximum absolute atomic E-state index is 5.30. The van der Waals surface area contributed by atoms with Crippen molar-refractivity contribution in [2.24, 2.45) is 0 Å². The molecule has 0 aliphatic rings. The molecule has 130 valence electrons. The topological polar surface area (TPSA) is 56.7 Å². The molecule has 0 amide bonds. The molecule has 0 fully saturated rings. The maximum Gasteiger partial charge on any atom is 0.237 e. The van der Waals surface area contributed by atoms with E-state index in [-0.39, 0.29) is 0 Å². The number of para-hydroxylation sites is 1. The largest absolute Gasteiger partial charge is 0.338 e. The van der Waals surface area contributed by atoms with E-state index in [1.165, 1.54) is 0 Å². The highest BCUT2D eigenvalue weighted by Gasteiger charge is 2.15. The van der Waals surface area contributed by atoms with E-state index in [2.05, 4.69) is 44.0 Å². The van der Waals surface area contributed by atoms with Crippen LogP contribution in [-0.4, -0.2) is 19.7 Å². The predicted octanol–water partition coefficient (Wildman–Crippen LogP) is 4.78. The first-order chi connectivity index (χ1) is 12.8. The van der Waals surface area contributed by atoms with Gasteiger partial charge in [-0.25, -0.2) is 4.98 Å². The van der Waals surface area contributed by atoms with Crippen molar-refractivity contribution >= 4 is 11.8 Å². The normalized spacial score (nSPS) is 11.0. The van der Waals surface area contributed by atoms with E-state index < -0.39 is 0 Å². The molecule has 2 heterocycles. The molecule has 2 aromatic heterocycles. The van der Waals surface area contributed by atoms with Crippen LogP contribution < -0.4 is 0 Å². The number of rotatable bonds is 6. The fourth-order valence-electron chi connectivity index (χ4n) is 2.69. The lowest BCUT2D eigenvalue weighted by Gasteiger charge is -2.11. The van der Waals surface area contributed by atoms with Crippen LogP contribution in [0.25, 0.3) is 16.9 Å². The Bertz CT molecular complexity index is 979. The van der Waals surface area contributed by atoms with Gasteiger partial charge in [0.25, 0.3) is 0 Å². The Morgan fingerprint density at radius 2 is 1.73 bits per heavy atom. The fraction of sp³-hybridized carbons (Fsp3) is 0.150. The van der Waals surface area contributed by atoms with Crippen molar-refractivity contribution in [3.05, 3.63) is 78.6 Å². The molecule has 5 nitrogen and oxygen atoms in total. The second-order valence-electron chi connectivity index (χ2n) is 5.71. The van der Waals surface area contributed by atoms with Gasteiger partial charge in [-0.15, -0.1) is 0 Å². The highest BCUT2D eigenvalue weighted by molar-refractivity contribution is 7.98. The van der Waals surface area contributed by atoms with Crippen molar-refractivity contribution in [2.45, 2.75) is 24.3 Å². The molecular formula is C20H18N4OS. The first kappa shape index (κ1) is 16.6. The standard InChI is InChI=1S/C20H18N4OS/c1-2-18-22-19(25-23-18)14-26-20-21-13-17(15-9-5-3-6-10-15)24(20)16-11-7-4-8-12-16/h3-13H,2,14H2,1H3. The first-order valence-corrected chi connectivity index (χ1v) is 9.46.